The fraction of sp³-hybridized carbons (Fsp3) is 0.182. The summed E-state index contributed by atoms with van der Waals surface area (Å²) in [7, 11) is -0.0543. The Morgan fingerprint density at radius 3 is 1.48 bits per heavy atom. The Labute approximate surface area is 142 Å². The summed E-state index contributed by atoms with van der Waals surface area (Å²) < 4.78 is 0. The van der Waals surface area contributed by atoms with Crippen LogP contribution in [0.15, 0.2) is 81.4 Å². The number of hydrogen-bond acceptors (Lipinski definition) is 0. The predicted octanol–water partition coefficient (Wildman–Crippen LogP) is 6.02. The van der Waals surface area contributed by atoms with Crippen LogP contribution in [0.3, 0.4) is 0 Å². The van der Waals surface area contributed by atoms with Crippen LogP contribution < -0.4 is 0 Å². The van der Waals surface area contributed by atoms with E-state index in [0.717, 1.165) is 0 Å². The van der Waals surface area contributed by atoms with Gasteiger partial charge in [-0.2, -0.15) is 0 Å². The van der Waals surface area contributed by atoms with E-state index in [-0.39, 0.29) is 10.9 Å². The molecule has 3 aromatic carbocycles. The summed E-state index contributed by atoms with van der Waals surface area (Å²) in [5.74, 6) is 0. The molecule has 0 aliphatic carbocycles. The van der Waals surface area contributed by atoms with Gasteiger partial charge in [0, 0.05) is 11.1 Å². The first kappa shape index (κ1) is 15.9. The number of rotatable bonds is 3. The molecule has 0 aliphatic rings. The van der Waals surface area contributed by atoms with E-state index >= 15 is 0 Å². The minimum absolute atomic E-state index is 0.0543. The Kier molecular flexibility index (Phi) is 4.58. The Balaban J connectivity index is 2.22. The van der Waals surface area contributed by atoms with Crippen molar-refractivity contribution in [3.8, 4) is 0 Å². The SMILES string of the molecule is Cc1ccc([S+](c2ccccc2)c2ccc(C)cc2C)c(C)c1. The summed E-state index contributed by atoms with van der Waals surface area (Å²) in [6, 6.07) is 24.5. The third-order valence-corrected chi connectivity index (χ3v) is 6.62. The van der Waals surface area contributed by atoms with E-state index in [1.54, 1.807) is 0 Å². The molecule has 0 aromatic heterocycles. The molecule has 0 saturated carbocycles. The summed E-state index contributed by atoms with van der Waals surface area (Å²) in [5.41, 5.74) is 5.39. The average Bonchev–Trinajstić information content (AvgIpc) is 2.52. The van der Waals surface area contributed by atoms with Crippen molar-refractivity contribution in [2.75, 3.05) is 0 Å². The summed E-state index contributed by atoms with van der Waals surface area (Å²) in [6.45, 7) is 8.78. The summed E-state index contributed by atoms with van der Waals surface area (Å²) >= 11 is 0. The van der Waals surface area contributed by atoms with Crippen LogP contribution in [0.1, 0.15) is 22.3 Å². The highest BCUT2D eigenvalue weighted by molar-refractivity contribution is 7.97. The molecule has 0 bridgehead atoms. The first-order chi connectivity index (χ1) is 11.1. The van der Waals surface area contributed by atoms with Gasteiger partial charge >= 0.3 is 0 Å². The second-order valence-electron chi connectivity index (χ2n) is 6.16. The molecule has 0 radical (unpaired) electrons. The first-order valence-electron chi connectivity index (χ1n) is 8.00. The standard InChI is InChI=1S/C22H23S/c1-16-10-12-21(18(3)14-16)23(20-8-6-5-7-9-20)22-13-11-17(2)15-19(22)4/h5-15H,1-4H3/q+1. The molecule has 0 nitrogen and oxygen atoms in total. The molecule has 0 unspecified atom stereocenters. The summed E-state index contributed by atoms with van der Waals surface area (Å²) in [5, 5.41) is 0. The van der Waals surface area contributed by atoms with Crippen molar-refractivity contribution in [2.45, 2.75) is 42.4 Å². The van der Waals surface area contributed by atoms with E-state index < -0.39 is 0 Å². The van der Waals surface area contributed by atoms with Crippen LogP contribution in [-0.4, -0.2) is 0 Å². The Morgan fingerprint density at radius 2 is 1.04 bits per heavy atom. The van der Waals surface area contributed by atoms with Crippen LogP contribution >= 0.6 is 0 Å². The van der Waals surface area contributed by atoms with Gasteiger partial charge in [-0.15, -0.1) is 0 Å². The van der Waals surface area contributed by atoms with Crippen LogP contribution in [0.4, 0.5) is 0 Å². The van der Waals surface area contributed by atoms with Crippen molar-refractivity contribution >= 4 is 10.9 Å². The van der Waals surface area contributed by atoms with E-state index in [1.165, 1.54) is 36.9 Å². The second-order valence-corrected chi connectivity index (χ2v) is 8.12. The highest BCUT2D eigenvalue weighted by atomic mass is 32.2. The Bertz CT molecular complexity index is 767. The molecule has 0 N–H and O–H groups in total. The van der Waals surface area contributed by atoms with Gasteiger partial charge in [-0.25, -0.2) is 0 Å². The van der Waals surface area contributed by atoms with Gasteiger partial charge in [0.25, 0.3) is 0 Å². The van der Waals surface area contributed by atoms with E-state index in [4.69, 9.17) is 0 Å². The van der Waals surface area contributed by atoms with Crippen molar-refractivity contribution < 1.29 is 0 Å². The van der Waals surface area contributed by atoms with E-state index in [9.17, 15) is 0 Å². The maximum atomic E-state index is 2.31. The molecule has 116 valence electrons. The molecule has 0 saturated heterocycles. The van der Waals surface area contributed by atoms with Crippen molar-refractivity contribution in [1.82, 2.24) is 0 Å². The molecule has 23 heavy (non-hydrogen) atoms. The van der Waals surface area contributed by atoms with Crippen LogP contribution in [0.25, 0.3) is 0 Å². The summed E-state index contributed by atoms with van der Waals surface area (Å²) in [6.07, 6.45) is 0. The third-order valence-electron chi connectivity index (χ3n) is 4.08. The first-order valence-corrected chi connectivity index (χ1v) is 9.22. The van der Waals surface area contributed by atoms with Gasteiger partial charge in [0.2, 0.25) is 0 Å². The van der Waals surface area contributed by atoms with Gasteiger partial charge in [0.15, 0.2) is 14.7 Å². The molecule has 0 heterocycles. The number of benzene rings is 3. The van der Waals surface area contributed by atoms with Gasteiger partial charge in [0.1, 0.15) is 0 Å². The van der Waals surface area contributed by atoms with Crippen LogP contribution in [0.5, 0.6) is 0 Å². The van der Waals surface area contributed by atoms with E-state index in [1.807, 2.05) is 0 Å². The lowest BCUT2D eigenvalue weighted by atomic mass is 10.2. The van der Waals surface area contributed by atoms with E-state index in [0.29, 0.717) is 0 Å². The maximum absolute atomic E-state index is 2.31. The van der Waals surface area contributed by atoms with Crippen LogP contribution in [0, 0.1) is 27.7 Å². The topological polar surface area (TPSA) is 0 Å². The molecule has 3 aromatic rings. The van der Waals surface area contributed by atoms with Gasteiger partial charge in [-0.05, 0) is 52.0 Å². The van der Waals surface area contributed by atoms with Crippen molar-refractivity contribution in [3.05, 3.63) is 89.0 Å². The molecule has 0 amide bonds. The molecular formula is C22H23S+. The smallest absolute Gasteiger partial charge is 0.0619 e. The zero-order chi connectivity index (χ0) is 16.4. The Morgan fingerprint density at radius 1 is 0.565 bits per heavy atom. The molecule has 1 heteroatoms. The fourth-order valence-electron chi connectivity index (χ4n) is 2.99. The highest BCUT2D eigenvalue weighted by Crippen LogP contribution is 2.35. The number of aryl methyl sites for hydroxylation is 4. The second kappa shape index (κ2) is 6.64. The lowest BCUT2D eigenvalue weighted by Crippen LogP contribution is -2.08. The third kappa shape index (κ3) is 3.35. The predicted molar refractivity (Wildman–Crippen MR) is 100 cm³/mol. The zero-order valence-electron chi connectivity index (χ0n) is 14.3. The molecule has 0 spiro atoms. The van der Waals surface area contributed by atoms with Crippen molar-refractivity contribution in [1.29, 1.82) is 0 Å². The monoisotopic (exact) mass is 319 g/mol. The largest absolute Gasteiger partial charge is 0.169 e. The van der Waals surface area contributed by atoms with Crippen molar-refractivity contribution in [3.63, 3.8) is 0 Å². The van der Waals surface area contributed by atoms with Crippen LogP contribution in [-0.2, 0) is 10.9 Å². The normalized spacial score (nSPS) is 11.0. The molecule has 0 aliphatic heterocycles. The quantitative estimate of drug-likeness (QED) is 0.518. The minimum atomic E-state index is -0.0543. The van der Waals surface area contributed by atoms with Gasteiger partial charge in [-0.3, -0.25) is 0 Å². The maximum Gasteiger partial charge on any atom is 0.169 e. The molecule has 0 atom stereocenters. The summed E-state index contributed by atoms with van der Waals surface area (Å²) in [4.78, 5) is 4.23. The van der Waals surface area contributed by atoms with E-state index in [2.05, 4.69) is 94.4 Å². The molecular weight excluding hydrogens is 296 g/mol. The minimum Gasteiger partial charge on any atom is -0.0619 e. The van der Waals surface area contributed by atoms with Crippen molar-refractivity contribution in [2.24, 2.45) is 0 Å². The highest BCUT2D eigenvalue weighted by Gasteiger charge is 2.31. The molecule has 0 fully saturated rings. The van der Waals surface area contributed by atoms with Gasteiger partial charge < -0.3 is 0 Å². The number of hydrogen-bond donors (Lipinski definition) is 0. The molecule has 3 rings (SSSR count). The fourth-order valence-corrected chi connectivity index (χ4v) is 5.33. The lowest BCUT2D eigenvalue weighted by molar-refractivity contribution is 1.20. The van der Waals surface area contributed by atoms with Gasteiger partial charge in [0.05, 0.1) is 10.9 Å². The zero-order valence-corrected chi connectivity index (χ0v) is 15.1. The average molecular weight is 319 g/mol. The lowest BCUT2D eigenvalue weighted by Gasteiger charge is -2.13. The van der Waals surface area contributed by atoms with Gasteiger partial charge in [-0.1, -0.05) is 53.6 Å². The van der Waals surface area contributed by atoms with Crippen LogP contribution in [0.2, 0.25) is 0 Å². The Hall–Kier alpha value is -1.99.